The van der Waals surface area contributed by atoms with E-state index in [0.717, 1.165) is 30.6 Å². The predicted molar refractivity (Wildman–Crippen MR) is 85.2 cm³/mol. The summed E-state index contributed by atoms with van der Waals surface area (Å²) >= 11 is 0. The molecule has 1 aliphatic rings. The minimum Gasteiger partial charge on any atom is -0.351 e. The first-order valence-corrected chi connectivity index (χ1v) is 7.76. The van der Waals surface area contributed by atoms with Crippen LogP contribution < -0.4 is 10.6 Å². The van der Waals surface area contributed by atoms with Crippen LogP contribution in [0.5, 0.6) is 0 Å². The molecule has 0 saturated heterocycles. The van der Waals surface area contributed by atoms with Crippen LogP contribution in [-0.2, 0) is 37.8 Å². The van der Waals surface area contributed by atoms with E-state index in [1.54, 1.807) is 4.68 Å². The Morgan fingerprint density at radius 1 is 1.41 bits per heavy atom. The summed E-state index contributed by atoms with van der Waals surface area (Å²) in [5, 5.41) is 10.7. The first-order valence-electron chi connectivity index (χ1n) is 7.76. The smallest absolute Gasteiger partial charge is 0.237 e. The normalized spacial score (nSPS) is 17.1. The van der Waals surface area contributed by atoms with Gasteiger partial charge in [-0.05, 0) is 24.0 Å². The zero-order chi connectivity index (χ0) is 15.5. The molecule has 116 valence electrons. The quantitative estimate of drug-likeness (QED) is 0.895. The minimum absolute atomic E-state index is 0.0559. The molecule has 2 heterocycles. The molecule has 1 aromatic heterocycles. The largest absolute Gasteiger partial charge is 0.351 e. The van der Waals surface area contributed by atoms with Crippen molar-refractivity contribution >= 4 is 5.91 Å². The number of benzene rings is 1. The van der Waals surface area contributed by atoms with E-state index in [-0.39, 0.29) is 11.9 Å². The number of rotatable bonds is 4. The minimum atomic E-state index is -0.156. The van der Waals surface area contributed by atoms with E-state index in [1.807, 2.05) is 25.4 Å². The van der Waals surface area contributed by atoms with Gasteiger partial charge in [0.05, 0.1) is 11.7 Å². The molecule has 0 aliphatic carbocycles. The summed E-state index contributed by atoms with van der Waals surface area (Å²) < 4.78 is 1.80. The third-order valence-corrected chi connectivity index (χ3v) is 4.18. The van der Waals surface area contributed by atoms with E-state index in [0.29, 0.717) is 6.54 Å². The van der Waals surface area contributed by atoms with Crippen LogP contribution in [0.4, 0.5) is 0 Å². The van der Waals surface area contributed by atoms with Gasteiger partial charge in [0, 0.05) is 31.9 Å². The lowest BCUT2D eigenvalue weighted by atomic mass is 9.95. The van der Waals surface area contributed by atoms with Crippen molar-refractivity contribution in [2.75, 3.05) is 0 Å². The average molecular weight is 298 g/mol. The van der Waals surface area contributed by atoms with Gasteiger partial charge in [0.25, 0.3) is 0 Å². The van der Waals surface area contributed by atoms with Gasteiger partial charge < -0.3 is 10.6 Å². The lowest BCUT2D eigenvalue weighted by Gasteiger charge is -2.25. The number of carbonyl (C=O) groups is 1. The molecule has 22 heavy (non-hydrogen) atoms. The average Bonchev–Trinajstić information content (AvgIpc) is 2.92. The Bertz CT molecular complexity index is 677. The molecule has 0 bridgehead atoms. The molecule has 2 aromatic rings. The molecule has 3 rings (SSSR count). The molecule has 1 amide bonds. The lowest BCUT2D eigenvalue weighted by Crippen LogP contribution is -2.47. The molecule has 0 saturated carbocycles. The number of carbonyl (C=O) groups excluding carboxylic acids is 1. The summed E-state index contributed by atoms with van der Waals surface area (Å²) in [5.74, 6) is 0.0559. The van der Waals surface area contributed by atoms with E-state index in [1.165, 1.54) is 11.1 Å². The Balaban J connectivity index is 1.61. The number of hydrogen-bond acceptors (Lipinski definition) is 3. The van der Waals surface area contributed by atoms with Crippen molar-refractivity contribution in [1.29, 1.82) is 0 Å². The lowest BCUT2D eigenvalue weighted by molar-refractivity contribution is -0.123. The third kappa shape index (κ3) is 3.04. The molecule has 1 aromatic carbocycles. The molecule has 1 atom stereocenters. The highest BCUT2D eigenvalue weighted by Crippen LogP contribution is 2.16. The molecule has 1 aliphatic heterocycles. The number of nitrogens with one attached hydrogen (secondary N) is 2. The highest BCUT2D eigenvalue weighted by Gasteiger charge is 2.23. The second kappa shape index (κ2) is 6.32. The summed E-state index contributed by atoms with van der Waals surface area (Å²) in [6.07, 6.45) is 3.60. The Morgan fingerprint density at radius 3 is 2.95 bits per heavy atom. The van der Waals surface area contributed by atoms with Crippen molar-refractivity contribution in [2.45, 2.75) is 38.9 Å². The van der Waals surface area contributed by atoms with Gasteiger partial charge in [-0.2, -0.15) is 5.10 Å². The monoisotopic (exact) mass is 298 g/mol. The molecule has 5 heteroatoms. The summed E-state index contributed by atoms with van der Waals surface area (Å²) in [6, 6.07) is 8.13. The first-order chi connectivity index (χ1) is 10.7. The second-order valence-electron chi connectivity index (χ2n) is 5.75. The van der Waals surface area contributed by atoms with Gasteiger partial charge in [0.1, 0.15) is 0 Å². The van der Waals surface area contributed by atoms with Gasteiger partial charge in [-0.3, -0.25) is 9.48 Å². The number of aryl methyl sites for hydroxylation is 2. The molecule has 0 fully saturated rings. The summed E-state index contributed by atoms with van der Waals surface area (Å²) in [5.41, 5.74) is 4.68. The van der Waals surface area contributed by atoms with Crippen LogP contribution in [-0.4, -0.2) is 21.7 Å². The molecule has 2 N–H and O–H groups in total. The number of nitrogens with zero attached hydrogens (tertiary/aromatic N) is 2. The van der Waals surface area contributed by atoms with Crippen LogP contribution in [0, 0.1) is 0 Å². The van der Waals surface area contributed by atoms with Crippen molar-refractivity contribution in [3.8, 4) is 0 Å². The van der Waals surface area contributed by atoms with Crippen molar-refractivity contribution in [3.05, 3.63) is 52.8 Å². The molecule has 0 spiro atoms. The maximum Gasteiger partial charge on any atom is 0.237 e. The molecule has 1 unspecified atom stereocenters. The molecule has 0 radical (unpaired) electrons. The van der Waals surface area contributed by atoms with Crippen LogP contribution in [0.15, 0.2) is 30.5 Å². The van der Waals surface area contributed by atoms with Gasteiger partial charge >= 0.3 is 0 Å². The van der Waals surface area contributed by atoms with E-state index in [2.05, 4.69) is 34.8 Å². The fourth-order valence-electron chi connectivity index (χ4n) is 2.97. The zero-order valence-electron chi connectivity index (χ0n) is 13.1. The second-order valence-corrected chi connectivity index (χ2v) is 5.75. The maximum atomic E-state index is 12.4. The maximum absolute atomic E-state index is 12.4. The zero-order valence-corrected chi connectivity index (χ0v) is 13.1. The molecular weight excluding hydrogens is 276 g/mol. The Labute approximate surface area is 130 Å². The fraction of sp³-hybridized carbons (Fsp3) is 0.412. The van der Waals surface area contributed by atoms with Crippen LogP contribution in [0.2, 0.25) is 0 Å². The van der Waals surface area contributed by atoms with Crippen molar-refractivity contribution < 1.29 is 4.79 Å². The number of fused-ring (bicyclic) bond motifs is 1. The third-order valence-electron chi connectivity index (χ3n) is 4.18. The van der Waals surface area contributed by atoms with Crippen molar-refractivity contribution in [3.63, 3.8) is 0 Å². The van der Waals surface area contributed by atoms with Crippen molar-refractivity contribution in [2.24, 2.45) is 7.05 Å². The predicted octanol–water partition coefficient (Wildman–Crippen LogP) is 1.31. The topological polar surface area (TPSA) is 59.0 Å². The van der Waals surface area contributed by atoms with Gasteiger partial charge in [-0.1, -0.05) is 31.2 Å². The highest BCUT2D eigenvalue weighted by molar-refractivity contribution is 5.82. The van der Waals surface area contributed by atoms with E-state index < -0.39 is 0 Å². The highest BCUT2D eigenvalue weighted by atomic mass is 16.2. The SMILES string of the molecule is CCc1nn(C)cc1CNC(=O)C1Cc2ccccc2CN1. The van der Waals surface area contributed by atoms with E-state index in [9.17, 15) is 4.79 Å². The van der Waals surface area contributed by atoms with Gasteiger partial charge in [0.15, 0.2) is 0 Å². The molecular formula is C17H22N4O. The Hall–Kier alpha value is -2.14. The fourth-order valence-corrected chi connectivity index (χ4v) is 2.97. The number of aromatic nitrogens is 2. The summed E-state index contributed by atoms with van der Waals surface area (Å²) in [7, 11) is 1.91. The summed E-state index contributed by atoms with van der Waals surface area (Å²) in [4.78, 5) is 12.4. The number of hydrogen-bond donors (Lipinski definition) is 2. The van der Waals surface area contributed by atoms with Crippen LogP contribution in [0.25, 0.3) is 0 Å². The van der Waals surface area contributed by atoms with E-state index >= 15 is 0 Å². The van der Waals surface area contributed by atoms with Crippen molar-refractivity contribution in [1.82, 2.24) is 20.4 Å². The van der Waals surface area contributed by atoms with Crippen LogP contribution >= 0.6 is 0 Å². The standard InChI is InChI=1S/C17H22N4O/c1-3-15-14(11-21(2)20-15)10-19-17(22)16-8-12-6-4-5-7-13(12)9-18-16/h4-7,11,16,18H,3,8-10H2,1-2H3,(H,19,22). The van der Waals surface area contributed by atoms with Gasteiger partial charge in [-0.25, -0.2) is 0 Å². The van der Waals surface area contributed by atoms with Crippen LogP contribution in [0.1, 0.15) is 29.3 Å². The number of amides is 1. The Kier molecular flexibility index (Phi) is 4.24. The summed E-state index contributed by atoms with van der Waals surface area (Å²) in [6.45, 7) is 3.37. The first kappa shape index (κ1) is 14.8. The van der Waals surface area contributed by atoms with Crippen LogP contribution in [0.3, 0.4) is 0 Å². The van der Waals surface area contributed by atoms with Gasteiger partial charge in [-0.15, -0.1) is 0 Å². The Morgan fingerprint density at radius 2 is 2.18 bits per heavy atom. The van der Waals surface area contributed by atoms with Gasteiger partial charge in [0.2, 0.25) is 5.91 Å². The van der Waals surface area contributed by atoms with E-state index in [4.69, 9.17) is 0 Å². The molecule has 5 nitrogen and oxygen atoms in total.